The third-order valence-electron chi connectivity index (χ3n) is 7.16. The van der Waals surface area contributed by atoms with E-state index in [1.165, 1.54) is 5.69 Å². The van der Waals surface area contributed by atoms with Crippen LogP contribution >= 0.6 is 0 Å². The summed E-state index contributed by atoms with van der Waals surface area (Å²) in [6.45, 7) is 3.57. The number of fused-ring (bicyclic) bond motifs is 1. The van der Waals surface area contributed by atoms with Gasteiger partial charge in [-0.25, -0.2) is 5.01 Å². The highest BCUT2D eigenvalue weighted by Gasteiger charge is 2.38. The number of hydrogen-bond donors (Lipinski definition) is 0. The fourth-order valence-corrected chi connectivity index (χ4v) is 5.27. The van der Waals surface area contributed by atoms with Crippen molar-refractivity contribution in [2.24, 2.45) is 5.10 Å². The zero-order valence-electron chi connectivity index (χ0n) is 20.9. The van der Waals surface area contributed by atoms with Gasteiger partial charge in [-0.3, -0.25) is 4.90 Å². The summed E-state index contributed by atoms with van der Waals surface area (Å²) in [6, 6.07) is 35.6. The number of para-hydroxylation sites is 1. The minimum Gasteiger partial charge on any atom is -0.454 e. The van der Waals surface area contributed by atoms with Gasteiger partial charge < -0.3 is 19.1 Å². The molecule has 0 amide bonds. The molecule has 0 aliphatic carbocycles. The third-order valence-corrected chi connectivity index (χ3v) is 7.16. The maximum absolute atomic E-state index is 5.76. The van der Waals surface area contributed by atoms with Crippen molar-refractivity contribution in [3.05, 3.63) is 114 Å². The lowest BCUT2D eigenvalue weighted by molar-refractivity contribution is 0.122. The fourth-order valence-electron chi connectivity index (χ4n) is 5.27. The van der Waals surface area contributed by atoms with E-state index in [0.29, 0.717) is 0 Å². The maximum Gasteiger partial charge on any atom is 0.231 e. The molecule has 7 heteroatoms. The molecule has 0 saturated carbocycles. The number of rotatable bonds is 5. The Labute approximate surface area is 222 Å². The predicted molar refractivity (Wildman–Crippen MR) is 149 cm³/mol. The molecule has 38 heavy (non-hydrogen) atoms. The first-order chi connectivity index (χ1) is 18.8. The number of amidine groups is 1. The summed E-state index contributed by atoms with van der Waals surface area (Å²) < 4.78 is 16.9. The number of hydrogen-bond acceptors (Lipinski definition) is 7. The van der Waals surface area contributed by atoms with Crippen molar-refractivity contribution in [3.63, 3.8) is 0 Å². The number of morpholine rings is 1. The Morgan fingerprint density at radius 2 is 1.34 bits per heavy atom. The van der Waals surface area contributed by atoms with Gasteiger partial charge in [0.05, 0.1) is 18.9 Å². The standard InChI is InChI=1S/C31H28N4O3/c1-3-7-23(8-4-1)30-32-35(27-9-5-2-6-10-27)31(24-11-16-28-29(21-24)38-22-37-28)34(30)26-14-12-25(13-15-26)33-17-19-36-20-18-33/h1-16,21,31H,17-20,22H2/t31-/m0/s1. The van der Waals surface area contributed by atoms with Gasteiger partial charge in [0, 0.05) is 35.6 Å². The summed E-state index contributed by atoms with van der Waals surface area (Å²) >= 11 is 0. The molecule has 1 saturated heterocycles. The molecule has 0 bridgehead atoms. The number of hydrazone groups is 1. The number of anilines is 3. The molecular formula is C31H28N4O3. The minimum absolute atomic E-state index is 0.226. The number of nitrogens with zero attached hydrogens (tertiary/aromatic N) is 4. The van der Waals surface area contributed by atoms with Crippen LogP contribution in [-0.2, 0) is 4.74 Å². The Bertz CT molecular complexity index is 1440. The van der Waals surface area contributed by atoms with E-state index in [9.17, 15) is 0 Å². The van der Waals surface area contributed by atoms with Gasteiger partial charge in [-0.1, -0.05) is 54.6 Å². The van der Waals surface area contributed by atoms with E-state index in [-0.39, 0.29) is 13.0 Å². The average molecular weight is 505 g/mol. The Hall–Kier alpha value is -4.49. The number of benzene rings is 4. The Morgan fingerprint density at radius 3 is 2.11 bits per heavy atom. The molecule has 0 unspecified atom stereocenters. The van der Waals surface area contributed by atoms with E-state index in [0.717, 1.165) is 66.1 Å². The summed E-state index contributed by atoms with van der Waals surface area (Å²) in [5.41, 5.74) is 5.38. The normalized spacial score (nSPS) is 18.6. The lowest BCUT2D eigenvalue weighted by Crippen LogP contribution is -2.37. The Balaban J connectivity index is 1.36. The molecule has 7 rings (SSSR count). The topological polar surface area (TPSA) is 49.8 Å². The van der Waals surface area contributed by atoms with Crippen molar-refractivity contribution in [3.8, 4) is 11.5 Å². The highest BCUT2D eigenvalue weighted by molar-refractivity contribution is 6.12. The van der Waals surface area contributed by atoms with Crippen molar-refractivity contribution >= 4 is 22.9 Å². The first-order valence-corrected chi connectivity index (χ1v) is 12.9. The zero-order chi connectivity index (χ0) is 25.3. The van der Waals surface area contributed by atoms with Gasteiger partial charge in [0.1, 0.15) is 0 Å². The van der Waals surface area contributed by atoms with Crippen LogP contribution in [-0.4, -0.2) is 38.9 Å². The van der Waals surface area contributed by atoms with Crippen LogP contribution in [0.15, 0.2) is 108 Å². The molecule has 0 radical (unpaired) electrons. The van der Waals surface area contributed by atoms with Crippen LogP contribution in [0.4, 0.5) is 17.1 Å². The molecule has 0 aromatic heterocycles. The molecule has 1 atom stereocenters. The van der Waals surface area contributed by atoms with Crippen molar-refractivity contribution in [1.29, 1.82) is 0 Å². The highest BCUT2D eigenvalue weighted by Crippen LogP contribution is 2.43. The molecule has 3 heterocycles. The van der Waals surface area contributed by atoms with E-state index < -0.39 is 0 Å². The van der Waals surface area contributed by atoms with Gasteiger partial charge in [-0.2, -0.15) is 5.10 Å². The lowest BCUT2D eigenvalue weighted by Gasteiger charge is -2.33. The van der Waals surface area contributed by atoms with Gasteiger partial charge in [0.25, 0.3) is 0 Å². The molecule has 1 fully saturated rings. The molecule has 3 aliphatic heterocycles. The van der Waals surface area contributed by atoms with Crippen LogP contribution < -0.4 is 24.3 Å². The third kappa shape index (κ3) is 4.11. The van der Waals surface area contributed by atoms with Crippen LogP contribution in [0.25, 0.3) is 0 Å². The molecule has 190 valence electrons. The molecule has 0 spiro atoms. The largest absolute Gasteiger partial charge is 0.454 e. The zero-order valence-corrected chi connectivity index (χ0v) is 20.9. The second-order valence-corrected chi connectivity index (χ2v) is 9.44. The summed E-state index contributed by atoms with van der Waals surface area (Å²) in [5, 5.41) is 7.32. The van der Waals surface area contributed by atoms with Crippen LogP contribution in [0.5, 0.6) is 11.5 Å². The van der Waals surface area contributed by atoms with E-state index in [1.807, 2.05) is 30.3 Å². The quantitative estimate of drug-likeness (QED) is 0.351. The fraction of sp³-hybridized carbons (Fsp3) is 0.194. The van der Waals surface area contributed by atoms with Crippen LogP contribution in [0.2, 0.25) is 0 Å². The Morgan fingerprint density at radius 1 is 0.658 bits per heavy atom. The first-order valence-electron chi connectivity index (χ1n) is 12.9. The predicted octanol–water partition coefficient (Wildman–Crippen LogP) is 5.64. The molecule has 3 aliphatic rings. The van der Waals surface area contributed by atoms with Gasteiger partial charge in [-0.15, -0.1) is 0 Å². The summed E-state index contributed by atoms with van der Waals surface area (Å²) in [7, 11) is 0. The molecule has 0 N–H and O–H groups in total. The van der Waals surface area contributed by atoms with Gasteiger partial charge >= 0.3 is 0 Å². The molecule has 4 aromatic rings. The second-order valence-electron chi connectivity index (χ2n) is 9.44. The Kier molecular flexibility index (Phi) is 5.83. The molecule has 4 aromatic carbocycles. The SMILES string of the molecule is c1ccc(C2=NN(c3ccccc3)[C@@H](c3ccc4c(c3)OCO4)N2c2ccc(N3CCOCC3)cc2)cc1. The highest BCUT2D eigenvalue weighted by atomic mass is 16.7. The van der Waals surface area contributed by atoms with Crippen molar-refractivity contribution in [2.45, 2.75) is 6.17 Å². The van der Waals surface area contributed by atoms with E-state index in [1.54, 1.807) is 0 Å². The summed E-state index contributed by atoms with van der Waals surface area (Å²) in [6.07, 6.45) is -0.226. The smallest absolute Gasteiger partial charge is 0.231 e. The van der Waals surface area contributed by atoms with Crippen molar-refractivity contribution in [1.82, 2.24) is 0 Å². The van der Waals surface area contributed by atoms with E-state index in [2.05, 4.69) is 87.6 Å². The van der Waals surface area contributed by atoms with Crippen LogP contribution in [0, 0.1) is 0 Å². The maximum atomic E-state index is 5.76. The van der Waals surface area contributed by atoms with E-state index >= 15 is 0 Å². The lowest BCUT2D eigenvalue weighted by atomic mass is 10.1. The van der Waals surface area contributed by atoms with Gasteiger partial charge in [0.2, 0.25) is 6.79 Å². The van der Waals surface area contributed by atoms with Crippen LogP contribution in [0.3, 0.4) is 0 Å². The van der Waals surface area contributed by atoms with Crippen LogP contribution in [0.1, 0.15) is 17.3 Å². The van der Waals surface area contributed by atoms with Gasteiger partial charge in [-0.05, 0) is 48.5 Å². The van der Waals surface area contributed by atoms with Crippen molar-refractivity contribution < 1.29 is 14.2 Å². The second kappa shape index (κ2) is 9.76. The van der Waals surface area contributed by atoms with Crippen molar-refractivity contribution in [2.75, 3.05) is 47.9 Å². The summed E-state index contributed by atoms with van der Waals surface area (Å²) in [4.78, 5) is 4.68. The minimum atomic E-state index is -0.226. The molecule has 7 nitrogen and oxygen atoms in total. The molecular weight excluding hydrogens is 476 g/mol. The number of ether oxygens (including phenoxy) is 3. The summed E-state index contributed by atoms with van der Waals surface area (Å²) in [5.74, 6) is 2.41. The monoisotopic (exact) mass is 504 g/mol. The van der Waals surface area contributed by atoms with E-state index in [4.69, 9.17) is 19.3 Å². The average Bonchev–Trinajstić information content (AvgIpc) is 3.63. The van der Waals surface area contributed by atoms with Gasteiger partial charge in [0.15, 0.2) is 23.5 Å². The first kappa shape index (κ1) is 22.7.